The molecular weight excluding hydrogens is 591 g/mol. The van der Waals surface area contributed by atoms with Crippen LogP contribution in [0.1, 0.15) is 25.0 Å². The van der Waals surface area contributed by atoms with Gasteiger partial charge in [-0.2, -0.15) is 0 Å². The van der Waals surface area contributed by atoms with Crippen LogP contribution in [0.3, 0.4) is 0 Å². The van der Waals surface area contributed by atoms with E-state index in [1.54, 1.807) is 0 Å². The van der Waals surface area contributed by atoms with Crippen LogP contribution in [0, 0.1) is 0 Å². The summed E-state index contributed by atoms with van der Waals surface area (Å²) >= 11 is 0. The number of aromatic nitrogens is 1. The topological polar surface area (TPSA) is 12.9 Å². The predicted octanol–water partition coefficient (Wildman–Crippen LogP) is 12.9. The number of benzene rings is 7. The number of rotatable bonds is 5. The summed E-state index contributed by atoms with van der Waals surface area (Å²) in [6.07, 6.45) is 0. The normalized spacial score (nSPS) is 12.9. The van der Waals surface area contributed by atoms with Gasteiger partial charge < -0.3 is 0 Å². The van der Waals surface area contributed by atoms with Crippen LogP contribution in [-0.2, 0) is 5.41 Å². The Morgan fingerprint density at radius 1 is 0.347 bits per heavy atom. The van der Waals surface area contributed by atoms with Crippen molar-refractivity contribution >= 4 is 10.8 Å². The molecule has 8 aromatic rings. The van der Waals surface area contributed by atoms with E-state index >= 15 is 0 Å². The van der Waals surface area contributed by atoms with E-state index in [2.05, 4.69) is 190 Å². The third-order valence-corrected chi connectivity index (χ3v) is 10.3. The summed E-state index contributed by atoms with van der Waals surface area (Å²) in [5.74, 6) is 0. The fraction of sp³-hybridized carbons (Fsp3) is 0.0625. The number of nitrogens with zero attached hydrogens (tertiary/aromatic N) is 1. The highest BCUT2D eigenvalue weighted by Gasteiger charge is 2.36. The molecule has 0 aliphatic heterocycles. The molecule has 0 amide bonds. The van der Waals surface area contributed by atoms with Gasteiger partial charge in [0.25, 0.3) is 0 Å². The lowest BCUT2D eigenvalue weighted by molar-refractivity contribution is 0.660. The molecule has 1 aliphatic carbocycles. The molecule has 1 aromatic heterocycles. The Hall–Kier alpha value is -6.05. The Labute approximate surface area is 288 Å². The van der Waals surface area contributed by atoms with Crippen molar-refractivity contribution in [2.24, 2.45) is 0 Å². The summed E-state index contributed by atoms with van der Waals surface area (Å²) in [4.78, 5) is 5.36. The second-order valence-electron chi connectivity index (χ2n) is 13.5. The van der Waals surface area contributed by atoms with E-state index in [0.717, 1.165) is 28.1 Å². The maximum atomic E-state index is 5.36. The van der Waals surface area contributed by atoms with Crippen LogP contribution in [0.25, 0.3) is 77.8 Å². The van der Waals surface area contributed by atoms with Crippen molar-refractivity contribution in [2.45, 2.75) is 19.3 Å². The van der Waals surface area contributed by atoms with Gasteiger partial charge in [-0.05, 0) is 78.5 Å². The maximum Gasteiger partial charge on any atom is 0.0721 e. The third kappa shape index (κ3) is 4.90. The van der Waals surface area contributed by atoms with Crippen molar-refractivity contribution in [2.75, 3.05) is 0 Å². The molecule has 0 N–H and O–H groups in total. The quantitative estimate of drug-likeness (QED) is 0.185. The zero-order valence-electron chi connectivity index (χ0n) is 27.7. The molecule has 1 nitrogen and oxygen atoms in total. The summed E-state index contributed by atoms with van der Waals surface area (Å²) < 4.78 is 0. The van der Waals surface area contributed by atoms with Crippen LogP contribution in [0.2, 0.25) is 0 Å². The average molecular weight is 626 g/mol. The van der Waals surface area contributed by atoms with Gasteiger partial charge in [0.2, 0.25) is 0 Å². The highest BCUT2D eigenvalue weighted by molar-refractivity contribution is 6.08. The van der Waals surface area contributed by atoms with Crippen LogP contribution >= 0.6 is 0 Å². The monoisotopic (exact) mass is 625 g/mol. The molecule has 1 aliphatic rings. The minimum absolute atomic E-state index is 0.0465. The van der Waals surface area contributed by atoms with Gasteiger partial charge in [0.1, 0.15) is 0 Å². The van der Waals surface area contributed by atoms with E-state index in [1.165, 1.54) is 60.8 Å². The van der Waals surface area contributed by atoms with Crippen molar-refractivity contribution in [1.29, 1.82) is 0 Å². The largest absolute Gasteiger partial charge is 0.248 e. The lowest BCUT2D eigenvalue weighted by Gasteiger charge is -2.22. The SMILES string of the molecule is CC1(C)c2ccccc2-c2c(-c3ccc(-c4cc(-c5ccccc5)cc(-c5ccc(-c6ccccc6)cc5)n4)c4ccccc34)cccc21. The first-order valence-electron chi connectivity index (χ1n) is 17.1. The molecule has 0 spiro atoms. The van der Waals surface area contributed by atoms with Gasteiger partial charge in [0, 0.05) is 16.5 Å². The molecule has 1 heteroatoms. The van der Waals surface area contributed by atoms with Gasteiger partial charge in [-0.1, -0.05) is 178 Å². The van der Waals surface area contributed by atoms with E-state index in [0.29, 0.717) is 0 Å². The molecule has 0 saturated carbocycles. The number of hydrogen-bond acceptors (Lipinski definition) is 1. The van der Waals surface area contributed by atoms with E-state index in [-0.39, 0.29) is 5.41 Å². The molecule has 7 aromatic carbocycles. The van der Waals surface area contributed by atoms with Crippen molar-refractivity contribution < 1.29 is 0 Å². The first kappa shape index (κ1) is 29.1. The molecule has 0 radical (unpaired) electrons. The Morgan fingerprint density at radius 3 is 1.59 bits per heavy atom. The highest BCUT2D eigenvalue weighted by atomic mass is 14.7. The van der Waals surface area contributed by atoms with E-state index in [1.807, 2.05) is 0 Å². The molecule has 1 heterocycles. The third-order valence-electron chi connectivity index (χ3n) is 10.3. The molecule has 232 valence electrons. The second kappa shape index (κ2) is 11.6. The zero-order valence-corrected chi connectivity index (χ0v) is 27.7. The molecule has 9 rings (SSSR count). The Bertz CT molecular complexity index is 2490. The summed E-state index contributed by atoms with van der Waals surface area (Å²) in [5.41, 5.74) is 16.9. The van der Waals surface area contributed by atoms with Gasteiger partial charge in [0.05, 0.1) is 11.4 Å². The molecule has 0 bridgehead atoms. The van der Waals surface area contributed by atoms with E-state index in [4.69, 9.17) is 4.98 Å². The fourth-order valence-electron chi connectivity index (χ4n) is 7.81. The first-order chi connectivity index (χ1) is 24.1. The van der Waals surface area contributed by atoms with Crippen molar-refractivity contribution in [1.82, 2.24) is 4.98 Å². The minimum atomic E-state index is -0.0465. The van der Waals surface area contributed by atoms with Crippen LogP contribution < -0.4 is 0 Å². The molecule has 0 atom stereocenters. The molecule has 49 heavy (non-hydrogen) atoms. The van der Waals surface area contributed by atoms with Crippen molar-refractivity contribution in [3.63, 3.8) is 0 Å². The lowest BCUT2D eigenvalue weighted by Crippen LogP contribution is -2.14. The van der Waals surface area contributed by atoms with Gasteiger partial charge >= 0.3 is 0 Å². The van der Waals surface area contributed by atoms with Gasteiger partial charge in [-0.15, -0.1) is 0 Å². The molecule has 0 saturated heterocycles. The summed E-state index contributed by atoms with van der Waals surface area (Å²) in [5, 5.41) is 2.43. The standard InChI is InChI=1S/C48H35N/c1-48(2)43-22-12-11-20-42(43)47-41(21-13-23-44(47)48)39-28-29-40(38-19-10-9-18-37(38)39)46-31-36(33-16-7-4-8-17-33)30-45(49-46)35-26-24-34(25-27-35)32-14-5-3-6-15-32/h3-31H,1-2H3. The van der Waals surface area contributed by atoms with Gasteiger partial charge in [0.15, 0.2) is 0 Å². The number of fused-ring (bicyclic) bond motifs is 4. The summed E-state index contributed by atoms with van der Waals surface area (Å²) in [6.45, 7) is 4.70. The van der Waals surface area contributed by atoms with Crippen molar-refractivity contribution in [3.8, 4) is 67.0 Å². The van der Waals surface area contributed by atoms with Crippen LogP contribution in [0.5, 0.6) is 0 Å². The van der Waals surface area contributed by atoms with Crippen LogP contribution in [0.4, 0.5) is 0 Å². The average Bonchev–Trinajstić information content (AvgIpc) is 3.41. The molecule has 0 fully saturated rings. The minimum Gasteiger partial charge on any atom is -0.248 e. The van der Waals surface area contributed by atoms with E-state index < -0.39 is 0 Å². The molecule has 0 unspecified atom stereocenters. The van der Waals surface area contributed by atoms with Crippen LogP contribution in [-0.4, -0.2) is 4.98 Å². The Balaban J connectivity index is 1.22. The highest BCUT2D eigenvalue weighted by Crippen LogP contribution is 2.53. The fourth-order valence-corrected chi connectivity index (χ4v) is 7.81. The Morgan fingerprint density at radius 2 is 0.857 bits per heavy atom. The smallest absolute Gasteiger partial charge is 0.0721 e. The Kier molecular flexibility index (Phi) is 6.88. The summed E-state index contributed by atoms with van der Waals surface area (Å²) in [7, 11) is 0. The van der Waals surface area contributed by atoms with Crippen LogP contribution in [0.15, 0.2) is 176 Å². The van der Waals surface area contributed by atoms with Crippen molar-refractivity contribution in [3.05, 3.63) is 187 Å². The first-order valence-corrected chi connectivity index (χ1v) is 17.1. The van der Waals surface area contributed by atoms with Gasteiger partial charge in [-0.3, -0.25) is 0 Å². The van der Waals surface area contributed by atoms with Gasteiger partial charge in [-0.25, -0.2) is 4.98 Å². The maximum absolute atomic E-state index is 5.36. The molecular formula is C48H35N. The zero-order chi connectivity index (χ0) is 33.0. The second-order valence-corrected chi connectivity index (χ2v) is 13.5. The predicted molar refractivity (Wildman–Crippen MR) is 206 cm³/mol. The lowest BCUT2D eigenvalue weighted by atomic mass is 9.81. The number of pyridine rings is 1. The number of hydrogen-bond donors (Lipinski definition) is 0. The van der Waals surface area contributed by atoms with E-state index in [9.17, 15) is 0 Å². The summed E-state index contributed by atoms with van der Waals surface area (Å²) in [6, 6.07) is 63.6.